The highest BCUT2D eigenvalue weighted by Crippen LogP contribution is 2.15. The smallest absolute Gasteiger partial charge is 0.239 e. The van der Waals surface area contributed by atoms with E-state index in [1.165, 1.54) is 5.56 Å². The van der Waals surface area contributed by atoms with Crippen LogP contribution in [0.4, 0.5) is 0 Å². The van der Waals surface area contributed by atoms with Gasteiger partial charge in [0.25, 0.3) is 0 Å². The molecule has 0 bridgehead atoms. The van der Waals surface area contributed by atoms with Gasteiger partial charge in [-0.1, -0.05) is 32.0 Å². The Morgan fingerprint density at radius 2 is 2.17 bits per heavy atom. The molecule has 0 saturated heterocycles. The average Bonchev–Trinajstić information content (AvgIpc) is 2.05. The van der Waals surface area contributed by atoms with Gasteiger partial charge in [-0.05, 0) is 17.5 Å². The predicted molar refractivity (Wildman–Crippen MR) is 50.8 cm³/mol. The van der Waals surface area contributed by atoms with Crippen LogP contribution in [-0.2, 0) is 6.54 Å². The van der Waals surface area contributed by atoms with Crippen molar-refractivity contribution in [2.45, 2.75) is 26.3 Å². The molecular weight excluding hydrogens is 146 g/mol. The third-order valence-electron chi connectivity index (χ3n) is 1.88. The van der Waals surface area contributed by atoms with Crippen LogP contribution in [0.25, 0.3) is 4.85 Å². The highest BCUT2D eigenvalue weighted by atomic mass is 14.6. The third-order valence-corrected chi connectivity index (χ3v) is 1.88. The fourth-order valence-electron chi connectivity index (χ4n) is 1.14. The van der Waals surface area contributed by atoms with E-state index < -0.39 is 0 Å². The van der Waals surface area contributed by atoms with Crippen molar-refractivity contribution in [3.8, 4) is 0 Å². The molecule has 1 aromatic rings. The zero-order valence-corrected chi connectivity index (χ0v) is 7.54. The van der Waals surface area contributed by atoms with Gasteiger partial charge < -0.3 is 4.85 Å². The molecule has 0 aliphatic rings. The molecule has 0 heterocycles. The molecule has 0 aliphatic carbocycles. The molecule has 12 heavy (non-hydrogen) atoms. The van der Waals surface area contributed by atoms with Gasteiger partial charge in [-0.15, -0.1) is 0 Å². The third kappa shape index (κ3) is 2.10. The number of benzene rings is 1. The quantitative estimate of drug-likeness (QED) is 0.583. The maximum Gasteiger partial charge on any atom is 0.239 e. The van der Waals surface area contributed by atoms with Crippen molar-refractivity contribution in [2.24, 2.45) is 0 Å². The van der Waals surface area contributed by atoms with Crippen LogP contribution in [0.3, 0.4) is 0 Å². The Morgan fingerprint density at radius 3 is 2.75 bits per heavy atom. The summed E-state index contributed by atoms with van der Waals surface area (Å²) >= 11 is 0. The lowest BCUT2D eigenvalue weighted by molar-refractivity contribution is 0.863. The van der Waals surface area contributed by atoms with E-state index in [1.807, 2.05) is 12.1 Å². The van der Waals surface area contributed by atoms with Gasteiger partial charge in [-0.2, -0.15) is 0 Å². The number of nitrogens with zero attached hydrogens (tertiary/aromatic N) is 1. The van der Waals surface area contributed by atoms with E-state index in [0.29, 0.717) is 12.5 Å². The van der Waals surface area contributed by atoms with Gasteiger partial charge in [0, 0.05) is 5.56 Å². The summed E-state index contributed by atoms with van der Waals surface area (Å²) < 4.78 is 0. The van der Waals surface area contributed by atoms with Gasteiger partial charge in [-0.25, -0.2) is 6.57 Å². The number of rotatable bonds is 2. The Morgan fingerprint density at radius 1 is 1.42 bits per heavy atom. The molecular formula is C11H13N. The Kier molecular flexibility index (Phi) is 2.88. The highest BCUT2D eigenvalue weighted by molar-refractivity contribution is 5.26. The SMILES string of the molecule is [C-]#[N+]Cc1cccc(C(C)C)c1. The molecule has 0 unspecified atom stereocenters. The average molecular weight is 159 g/mol. The summed E-state index contributed by atoms with van der Waals surface area (Å²) in [5, 5.41) is 0. The predicted octanol–water partition coefficient (Wildman–Crippen LogP) is 3.23. The van der Waals surface area contributed by atoms with Gasteiger partial charge in [-0.3, -0.25) is 0 Å². The molecule has 0 radical (unpaired) electrons. The Balaban J connectivity index is 2.90. The van der Waals surface area contributed by atoms with Crippen molar-refractivity contribution < 1.29 is 0 Å². The number of hydrogen-bond donors (Lipinski definition) is 0. The van der Waals surface area contributed by atoms with E-state index in [9.17, 15) is 0 Å². The molecule has 1 rings (SSSR count). The topological polar surface area (TPSA) is 4.36 Å². The summed E-state index contributed by atoms with van der Waals surface area (Å²) in [6.07, 6.45) is 0. The molecule has 62 valence electrons. The van der Waals surface area contributed by atoms with Crippen LogP contribution in [-0.4, -0.2) is 0 Å². The molecule has 0 N–H and O–H groups in total. The second-order valence-electron chi connectivity index (χ2n) is 3.22. The molecule has 1 aromatic carbocycles. The molecule has 0 aliphatic heterocycles. The maximum absolute atomic E-state index is 6.74. The van der Waals surface area contributed by atoms with E-state index in [4.69, 9.17) is 6.57 Å². The summed E-state index contributed by atoms with van der Waals surface area (Å²) in [5.74, 6) is 0.552. The van der Waals surface area contributed by atoms with Crippen molar-refractivity contribution >= 4 is 0 Å². The van der Waals surface area contributed by atoms with Crippen LogP contribution in [0.15, 0.2) is 24.3 Å². The summed E-state index contributed by atoms with van der Waals surface area (Å²) in [4.78, 5) is 3.36. The van der Waals surface area contributed by atoms with E-state index in [-0.39, 0.29) is 0 Å². The molecule has 0 aromatic heterocycles. The fourth-order valence-corrected chi connectivity index (χ4v) is 1.14. The summed E-state index contributed by atoms with van der Waals surface area (Å²) in [6, 6.07) is 8.25. The Hall–Kier alpha value is -1.29. The molecule has 1 heteroatoms. The Labute approximate surface area is 73.9 Å². The molecule has 0 amide bonds. The van der Waals surface area contributed by atoms with Crippen molar-refractivity contribution in [3.05, 3.63) is 46.8 Å². The van der Waals surface area contributed by atoms with Crippen LogP contribution in [0.2, 0.25) is 0 Å². The van der Waals surface area contributed by atoms with E-state index >= 15 is 0 Å². The van der Waals surface area contributed by atoms with Gasteiger partial charge in [0.15, 0.2) is 0 Å². The normalized spacial score (nSPS) is 9.83. The minimum Gasteiger partial charge on any atom is -0.312 e. The minimum atomic E-state index is 0.501. The number of hydrogen-bond acceptors (Lipinski definition) is 0. The lowest BCUT2D eigenvalue weighted by Crippen LogP contribution is -1.88. The fraction of sp³-hybridized carbons (Fsp3) is 0.364. The summed E-state index contributed by atoms with van der Waals surface area (Å²) in [5.41, 5.74) is 2.44. The highest BCUT2D eigenvalue weighted by Gasteiger charge is 2.00. The van der Waals surface area contributed by atoms with Crippen LogP contribution in [0, 0.1) is 6.57 Å². The first-order valence-corrected chi connectivity index (χ1v) is 4.16. The monoisotopic (exact) mass is 159 g/mol. The van der Waals surface area contributed by atoms with Gasteiger partial charge >= 0.3 is 0 Å². The molecule has 0 fully saturated rings. The first-order valence-electron chi connectivity index (χ1n) is 4.16. The lowest BCUT2D eigenvalue weighted by Gasteiger charge is -2.04. The van der Waals surface area contributed by atoms with E-state index in [0.717, 1.165) is 5.56 Å². The molecule has 0 atom stereocenters. The summed E-state index contributed by atoms with van der Waals surface area (Å²) in [7, 11) is 0. The van der Waals surface area contributed by atoms with Crippen molar-refractivity contribution in [3.63, 3.8) is 0 Å². The largest absolute Gasteiger partial charge is 0.312 e. The maximum atomic E-state index is 6.74. The lowest BCUT2D eigenvalue weighted by atomic mass is 10.0. The molecule has 0 spiro atoms. The van der Waals surface area contributed by atoms with Gasteiger partial charge in [0.05, 0.1) is 0 Å². The molecule has 1 nitrogen and oxygen atoms in total. The van der Waals surface area contributed by atoms with Crippen molar-refractivity contribution in [2.75, 3.05) is 0 Å². The van der Waals surface area contributed by atoms with Crippen molar-refractivity contribution in [1.82, 2.24) is 0 Å². The van der Waals surface area contributed by atoms with E-state index in [2.05, 4.69) is 30.8 Å². The molecule has 0 saturated carbocycles. The van der Waals surface area contributed by atoms with Crippen molar-refractivity contribution in [1.29, 1.82) is 0 Å². The second kappa shape index (κ2) is 3.92. The standard InChI is InChI=1S/C11H13N/c1-9(2)11-6-4-5-10(7-11)8-12-3/h4-7,9H,8H2,1-2H3. The zero-order valence-electron chi connectivity index (χ0n) is 7.54. The zero-order chi connectivity index (χ0) is 8.97. The first-order chi connectivity index (χ1) is 5.74. The van der Waals surface area contributed by atoms with Crippen LogP contribution < -0.4 is 0 Å². The van der Waals surface area contributed by atoms with Gasteiger partial charge in [0.1, 0.15) is 0 Å². The van der Waals surface area contributed by atoms with Gasteiger partial charge in [0.2, 0.25) is 6.54 Å². The summed E-state index contributed by atoms with van der Waals surface area (Å²) in [6.45, 7) is 11.6. The van der Waals surface area contributed by atoms with Crippen LogP contribution in [0.5, 0.6) is 0 Å². The minimum absolute atomic E-state index is 0.501. The second-order valence-corrected chi connectivity index (χ2v) is 3.22. The van der Waals surface area contributed by atoms with E-state index in [1.54, 1.807) is 0 Å². The Bertz CT molecular complexity index is 294. The van der Waals surface area contributed by atoms with Crippen LogP contribution >= 0.6 is 0 Å². The first kappa shape index (κ1) is 8.80. The van der Waals surface area contributed by atoms with Crippen LogP contribution in [0.1, 0.15) is 30.9 Å².